The zero-order valence-corrected chi connectivity index (χ0v) is 15.5. The maximum atomic E-state index is 13.7. The lowest BCUT2D eigenvalue weighted by Crippen LogP contribution is -2.18. The van der Waals surface area contributed by atoms with E-state index in [-0.39, 0.29) is 30.0 Å². The van der Waals surface area contributed by atoms with E-state index >= 15 is 0 Å². The quantitative estimate of drug-likeness (QED) is 0.798. The number of hydrogen-bond donors (Lipinski definition) is 0. The van der Waals surface area contributed by atoms with Gasteiger partial charge in [0.2, 0.25) is 5.88 Å². The predicted molar refractivity (Wildman–Crippen MR) is 93.9 cm³/mol. The van der Waals surface area contributed by atoms with Gasteiger partial charge in [0.1, 0.15) is 18.2 Å². The average molecular weight is 360 g/mol. The minimum atomic E-state index is -0.485. The third-order valence-electron chi connectivity index (χ3n) is 3.20. The highest BCUT2D eigenvalue weighted by molar-refractivity contribution is 5.85. The molecule has 2 rings (SSSR count). The van der Waals surface area contributed by atoms with Crippen LogP contribution in [0.25, 0.3) is 0 Å². The molecule has 0 amide bonds. The van der Waals surface area contributed by atoms with E-state index in [2.05, 4.69) is 25.9 Å². The number of halogens is 3. The molecular weight excluding hydrogens is 336 g/mol. The van der Waals surface area contributed by atoms with E-state index in [1.54, 1.807) is 10.7 Å². The molecule has 1 aromatic heterocycles. The summed E-state index contributed by atoms with van der Waals surface area (Å²) in [7, 11) is 3.78. The summed E-state index contributed by atoms with van der Waals surface area (Å²) in [6.07, 6.45) is 0. The van der Waals surface area contributed by atoms with Crippen LogP contribution in [0, 0.1) is 17.0 Å². The molecule has 0 saturated heterocycles. The SMILES string of the molecule is CN(C)c1cc(OCc2cc(F)ccc2F)n(CC(C)(C)C)n1.Cl. The lowest BCUT2D eigenvalue weighted by atomic mass is 9.97. The summed E-state index contributed by atoms with van der Waals surface area (Å²) < 4.78 is 34.4. The second-order valence-electron chi connectivity index (χ2n) is 6.98. The Morgan fingerprint density at radius 3 is 2.42 bits per heavy atom. The second kappa shape index (κ2) is 7.83. The maximum absolute atomic E-state index is 13.7. The van der Waals surface area contributed by atoms with Crippen molar-refractivity contribution in [2.24, 2.45) is 5.41 Å². The van der Waals surface area contributed by atoms with Crippen LogP contribution < -0.4 is 9.64 Å². The van der Waals surface area contributed by atoms with Crippen LogP contribution in [0.3, 0.4) is 0 Å². The predicted octanol–water partition coefficient (Wildman–Crippen LogP) is 4.27. The molecule has 24 heavy (non-hydrogen) atoms. The van der Waals surface area contributed by atoms with Gasteiger partial charge in [-0.15, -0.1) is 12.4 Å². The van der Waals surface area contributed by atoms with Crippen molar-refractivity contribution in [1.29, 1.82) is 0 Å². The van der Waals surface area contributed by atoms with Gasteiger partial charge in [-0.2, -0.15) is 5.10 Å². The summed E-state index contributed by atoms with van der Waals surface area (Å²) in [6.45, 7) is 6.90. The molecule has 4 nitrogen and oxygen atoms in total. The lowest BCUT2D eigenvalue weighted by molar-refractivity contribution is 0.239. The summed E-state index contributed by atoms with van der Waals surface area (Å²) in [6, 6.07) is 5.13. The van der Waals surface area contributed by atoms with Crippen LogP contribution in [0.1, 0.15) is 26.3 Å². The van der Waals surface area contributed by atoms with Gasteiger partial charge in [-0.1, -0.05) is 20.8 Å². The van der Waals surface area contributed by atoms with Crippen molar-refractivity contribution in [3.05, 3.63) is 41.5 Å². The van der Waals surface area contributed by atoms with E-state index in [4.69, 9.17) is 4.74 Å². The second-order valence-corrected chi connectivity index (χ2v) is 6.98. The Labute approximate surface area is 147 Å². The molecule has 0 aliphatic rings. The van der Waals surface area contributed by atoms with Crippen molar-refractivity contribution in [2.45, 2.75) is 33.9 Å². The highest BCUT2D eigenvalue weighted by Crippen LogP contribution is 2.25. The molecule has 0 aliphatic carbocycles. The molecular formula is C17H24ClF2N3O. The molecule has 0 saturated carbocycles. The minimum absolute atomic E-state index is 0. The number of nitrogens with zero attached hydrogens (tertiary/aromatic N) is 3. The number of anilines is 1. The summed E-state index contributed by atoms with van der Waals surface area (Å²) in [5.74, 6) is 0.319. The summed E-state index contributed by atoms with van der Waals surface area (Å²) in [5, 5.41) is 4.50. The number of hydrogen-bond acceptors (Lipinski definition) is 3. The van der Waals surface area contributed by atoms with Crippen molar-refractivity contribution >= 4 is 18.2 Å². The van der Waals surface area contributed by atoms with Crippen LogP contribution in [0.15, 0.2) is 24.3 Å². The van der Waals surface area contributed by atoms with Crippen LogP contribution in [0.2, 0.25) is 0 Å². The van der Waals surface area contributed by atoms with Gasteiger partial charge in [0.05, 0.1) is 0 Å². The van der Waals surface area contributed by atoms with Gasteiger partial charge in [-0.25, -0.2) is 13.5 Å². The fourth-order valence-electron chi connectivity index (χ4n) is 2.09. The fourth-order valence-corrected chi connectivity index (χ4v) is 2.09. The Balaban J connectivity index is 0.00000288. The molecule has 0 radical (unpaired) electrons. The number of ether oxygens (including phenoxy) is 1. The molecule has 1 heterocycles. The van der Waals surface area contributed by atoms with Gasteiger partial charge < -0.3 is 9.64 Å². The Morgan fingerprint density at radius 2 is 1.83 bits per heavy atom. The summed E-state index contributed by atoms with van der Waals surface area (Å²) in [5.41, 5.74) is 0.192. The zero-order chi connectivity index (χ0) is 17.2. The molecule has 0 fully saturated rings. The van der Waals surface area contributed by atoms with E-state index in [0.29, 0.717) is 12.4 Å². The first-order valence-electron chi connectivity index (χ1n) is 7.47. The molecule has 0 aliphatic heterocycles. The summed E-state index contributed by atoms with van der Waals surface area (Å²) >= 11 is 0. The topological polar surface area (TPSA) is 30.3 Å². The van der Waals surface area contributed by atoms with Crippen LogP contribution in [0.4, 0.5) is 14.6 Å². The van der Waals surface area contributed by atoms with Crippen LogP contribution in [-0.2, 0) is 13.2 Å². The van der Waals surface area contributed by atoms with E-state index in [0.717, 1.165) is 24.0 Å². The van der Waals surface area contributed by atoms with Gasteiger partial charge in [0.15, 0.2) is 5.82 Å². The van der Waals surface area contributed by atoms with Crippen molar-refractivity contribution in [3.8, 4) is 5.88 Å². The van der Waals surface area contributed by atoms with Crippen LogP contribution >= 0.6 is 12.4 Å². The van der Waals surface area contributed by atoms with E-state index < -0.39 is 11.6 Å². The smallest absolute Gasteiger partial charge is 0.214 e. The minimum Gasteiger partial charge on any atom is -0.473 e. The molecule has 0 N–H and O–H groups in total. The lowest BCUT2D eigenvalue weighted by Gasteiger charge is -2.19. The first kappa shape index (κ1) is 20.2. The Morgan fingerprint density at radius 1 is 1.17 bits per heavy atom. The van der Waals surface area contributed by atoms with E-state index in [1.807, 2.05) is 19.0 Å². The van der Waals surface area contributed by atoms with Gasteiger partial charge in [0.25, 0.3) is 0 Å². The third kappa shape index (κ3) is 5.37. The van der Waals surface area contributed by atoms with Crippen LogP contribution in [0.5, 0.6) is 5.88 Å². The highest BCUT2D eigenvalue weighted by Gasteiger charge is 2.18. The Kier molecular flexibility index (Phi) is 6.60. The molecule has 0 atom stereocenters. The first-order valence-corrected chi connectivity index (χ1v) is 7.47. The molecule has 1 aromatic carbocycles. The maximum Gasteiger partial charge on any atom is 0.214 e. The standard InChI is InChI=1S/C17H23F2N3O.ClH/c1-17(2,3)11-22-16(9-15(20-22)21(4)5)23-10-12-8-13(18)6-7-14(12)19;/h6-9H,10-11H2,1-5H3;1H. The normalized spacial score (nSPS) is 11.1. The molecule has 7 heteroatoms. The number of rotatable bonds is 5. The highest BCUT2D eigenvalue weighted by atomic mass is 35.5. The molecule has 2 aromatic rings. The van der Waals surface area contributed by atoms with E-state index in [1.165, 1.54) is 0 Å². The zero-order valence-electron chi connectivity index (χ0n) is 14.6. The van der Waals surface area contributed by atoms with Gasteiger partial charge in [0, 0.05) is 32.3 Å². The monoisotopic (exact) mass is 359 g/mol. The van der Waals surface area contributed by atoms with Gasteiger partial charge >= 0.3 is 0 Å². The van der Waals surface area contributed by atoms with E-state index in [9.17, 15) is 8.78 Å². The number of benzene rings is 1. The fraction of sp³-hybridized carbons (Fsp3) is 0.471. The molecule has 0 unspecified atom stereocenters. The van der Waals surface area contributed by atoms with Crippen molar-refractivity contribution in [2.75, 3.05) is 19.0 Å². The number of aromatic nitrogens is 2. The molecule has 134 valence electrons. The Bertz CT molecular complexity index is 681. The van der Waals surface area contributed by atoms with Gasteiger partial charge in [-0.3, -0.25) is 0 Å². The van der Waals surface area contributed by atoms with Gasteiger partial charge in [-0.05, 0) is 23.6 Å². The average Bonchev–Trinajstić information content (AvgIpc) is 2.81. The van der Waals surface area contributed by atoms with Crippen molar-refractivity contribution < 1.29 is 13.5 Å². The van der Waals surface area contributed by atoms with Crippen LogP contribution in [-0.4, -0.2) is 23.9 Å². The van der Waals surface area contributed by atoms with Crippen molar-refractivity contribution in [1.82, 2.24) is 9.78 Å². The summed E-state index contributed by atoms with van der Waals surface area (Å²) in [4.78, 5) is 1.87. The third-order valence-corrected chi connectivity index (χ3v) is 3.20. The Hall–Kier alpha value is -1.82. The van der Waals surface area contributed by atoms with Crippen molar-refractivity contribution in [3.63, 3.8) is 0 Å². The molecule has 0 spiro atoms. The molecule has 0 bridgehead atoms. The largest absolute Gasteiger partial charge is 0.473 e. The first-order chi connectivity index (χ1) is 10.7.